The molecular formula is C36H34Cl2N2O. The van der Waals surface area contributed by atoms with Gasteiger partial charge in [-0.3, -0.25) is 4.79 Å². The summed E-state index contributed by atoms with van der Waals surface area (Å²) in [7, 11) is 0. The lowest BCUT2D eigenvalue weighted by molar-refractivity contribution is -0.116. The van der Waals surface area contributed by atoms with Crippen LogP contribution in [0.1, 0.15) is 67.8 Å². The molecule has 0 saturated carbocycles. The maximum atomic E-state index is 14.3. The highest BCUT2D eigenvalue weighted by Crippen LogP contribution is 2.49. The molecule has 1 N–H and O–H groups in total. The van der Waals surface area contributed by atoms with E-state index in [2.05, 4.69) is 79.5 Å². The number of carbonyl (C=O) groups is 1. The standard InChI is InChI=1S/C36H34Cl2N2O/c1-36(2,3)26-15-13-24(14-16-26)25-19-31-34(33(41)20-25)35(28-18-17-27(37)21-29(28)38)40(22-23-9-5-4-6-10-23)32-12-8-7-11-30(32)39-31/h4-18,21,25,35,39H,19-20,22H2,1-3H3/t25-,35-/m1/s1. The SMILES string of the molecule is CC(C)(C)c1ccc([C@H]2CC(=O)C3=C(C2)Nc2ccccc2N(Cc2ccccc2)[C@@H]3c2ccc(Cl)cc2Cl)cc1. The van der Waals surface area contributed by atoms with E-state index in [4.69, 9.17) is 23.2 Å². The van der Waals surface area contributed by atoms with Crippen molar-refractivity contribution in [1.29, 1.82) is 0 Å². The van der Waals surface area contributed by atoms with Crippen molar-refractivity contribution in [2.75, 3.05) is 10.2 Å². The molecule has 2 atom stereocenters. The molecule has 0 fully saturated rings. The number of para-hydroxylation sites is 2. The second-order valence-electron chi connectivity index (χ2n) is 12.1. The number of nitrogens with zero attached hydrogens (tertiary/aromatic N) is 1. The number of benzene rings is 4. The van der Waals surface area contributed by atoms with Gasteiger partial charge in [0.25, 0.3) is 0 Å². The van der Waals surface area contributed by atoms with E-state index < -0.39 is 0 Å². The van der Waals surface area contributed by atoms with Crippen molar-refractivity contribution in [2.45, 2.75) is 57.5 Å². The highest BCUT2D eigenvalue weighted by atomic mass is 35.5. The number of rotatable bonds is 4. The van der Waals surface area contributed by atoms with E-state index in [-0.39, 0.29) is 23.2 Å². The van der Waals surface area contributed by atoms with Gasteiger partial charge in [-0.25, -0.2) is 0 Å². The summed E-state index contributed by atoms with van der Waals surface area (Å²) in [6.07, 6.45) is 1.19. The van der Waals surface area contributed by atoms with Crippen LogP contribution in [0.3, 0.4) is 0 Å². The van der Waals surface area contributed by atoms with Crippen molar-refractivity contribution in [3.63, 3.8) is 0 Å². The molecule has 2 aliphatic rings. The van der Waals surface area contributed by atoms with Crippen LogP contribution in [0.5, 0.6) is 0 Å². The minimum absolute atomic E-state index is 0.0798. The van der Waals surface area contributed by atoms with E-state index in [1.807, 2.05) is 42.5 Å². The third-order valence-electron chi connectivity index (χ3n) is 8.29. The minimum Gasteiger partial charge on any atom is -0.357 e. The maximum Gasteiger partial charge on any atom is 0.163 e. The monoisotopic (exact) mass is 580 g/mol. The molecule has 1 aliphatic carbocycles. The lowest BCUT2D eigenvalue weighted by Gasteiger charge is -2.37. The molecule has 1 heterocycles. The fraction of sp³-hybridized carbons (Fsp3) is 0.250. The Morgan fingerprint density at radius 2 is 1.56 bits per heavy atom. The van der Waals surface area contributed by atoms with Gasteiger partial charge < -0.3 is 10.2 Å². The molecule has 0 aromatic heterocycles. The first-order valence-electron chi connectivity index (χ1n) is 14.2. The fourth-order valence-electron chi connectivity index (χ4n) is 6.15. The Balaban J connectivity index is 1.49. The van der Waals surface area contributed by atoms with E-state index in [1.165, 1.54) is 11.1 Å². The molecule has 4 aromatic carbocycles. The van der Waals surface area contributed by atoms with Gasteiger partial charge in [0.2, 0.25) is 0 Å². The average molecular weight is 582 g/mol. The summed E-state index contributed by atoms with van der Waals surface area (Å²) < 4.78 is 0. The molecule has 3 nitrogen and oxygen atoms in total. The van der Waals surface area contributed by atoms with Gasteiger partial charge in [-0.2, -0.15) is 0 Å². The Morgan fingerprint density at radius 3 is 2.27 bits per heavy atom. The van der Waals surface area contributed by atoms with Gasteiger partial charge in [0.1, 0.15) is 0 Å². The van der Waals surface area contributed by atoms with Crippen LogP contribution < -0.4 is 10.2 Å². The van der Waals surface area contributed by atoms with Crippen molar-refractivity contribution in [3.05, 3.63) is 141 Å². The molecule has 0 bridgehead atoms. The third kappa shape index (κ3) is 5.54. The van der Waals surface area contributed by atoms with E-state index >= 15 is 0 Å². The molecule has 0 amide bonds. The number of anilines is 2. The Labute approximate surface area is 252 Å². The molecule has 0 unspecified atom stereocenters. The van der Waals surface area contributed by atoms with Crippen LogP contribution in [0.4, 0.5) is 11.4 Å². The Hall–Kier alpha value is -3.53. The number of fused-ring (bicyclic) bond motifs is 1. The third-order valence-corrected chi connectivity index (χ3v) is 8.86. The highest BCUT2D eigenvalue weighted by molar-refractivity contribution is 6.35. The average Bonchev–Trinajstić information content (AvgIpc) is 3.08. The zero-order valence-corrected chi connectivity index (χ0v) is 25.1. The molecule has 4 aromatic rings. The Kier molecular flexibility index (Phi) is 7.44. The first-order chi connectivity index (χ1) is 19.7. The molecule has 41 heavy (non-hydrogen) atoms. The Morgan fingerprint density at radius 1 is 0.854 bits per heavy atom. The number of nitrogens with one attached hydrogen (secondary N) is 1. The van der Waals surface area contributed by atoms with Gasteiger partial charge in [-0.1, -0.05) is 117 Å². The highest BCUT2D eigenvalue weighted by Gasteiger charge is 2.40. The van der Waals surface area contributed by atoms with Crippen molar-refractivity contribution >= 4 is 40.4 Å². The van der Waals surface area contributed by atoms with Gasteiger partial charge in [-0.05, 0) is 64.3 Å². The summed E-state index contributed by atoms with van der Waals surface area (Å²) in [6.45, 7) is 7.28. The van der Waals surface area contributed by atoms with Crippen LogP contribution in [-0.2, 0) is 16.8 Å². The van der Waals surface area contributed by atoms with E-state index in [0.29, 0.717) is 23.0 Å². The molecule has 0 spiro atoms. The van der Waals surface area contributed by atoms with Crippen molar-refractivity contribution in [3.8, 4) is 0 Å². The lowest BCUT2D eigenvalue weighted by Crippen LogP contribution is -2.34. The van der Waals surface area contributed by atoms with E-state index in [9.17, 15) is 4.79 Å². The Bertz CT molecular complexity index is 1620. The van der Waals surface area contributed by atoms with Crippen molar-refractivity contribution < 1.29 is 4.79 Å². The van der Waals surface area contributed by atoms with Gasteiger partial charge in [0.05, 0.1) is 17.4 Å². The summed E-state index contributed by atoms with van der Waals surface area (Å²) in [5.74, 6) is 0.238. The quantitative estimate of drug-likeness (QED) is 0.260. The summed E-state index contributed by atoms with van der Waals surface area (Å²) in [5, 5.41) is 4.85. The first-order valence-corrected chi connectivity index (χ1v) is 14.9. The molecule has 6 rings (SSSR count). The summed E-state index contributed by atoms with van der Waals surface area (Å²) in [4.78, 5) is 16.6. The smallest absolute Gasteiger partial charge is 0.163 e. The second kappa shape index (κ2) is 11.0. The number of Topliss-reactive ketones (excluding diaryl/α,β-unsaturated/α-hetero) is 1. The first kappa shape index (κ1) is 27.6. The number of hydrogen-bond acceptors (Lipinski definition) is 3. The zero-order chi connectivity index (χ0) is 28.7. The van der Waals surface area contributed by atoms with Crippen molar-refractivity contribution in [1.82, 2.24) is 0 Å². The molecular weight excluding hydrogens is 547 g/mol. The van der Waals surface area contributed by atoms with Crippen LogP contribution in [0.15, 0.2) is 108 Å². The van der Waals surface area contributed by atoms with Crippen LogP contribution in [-0.4, -0.2) is 5.78 Å². The summed E-state index contributed by atoms with van der Waals surface area (Å²) in [6, 6.07) is 32.7. The molecule has 1 aliphatic heterocycles. The second-order valence-corrected chi connectivity index (χ2v) is 13.0. The van der Waals surface area contributed by atoms with Crippen LogP contribution in [0.25, 0.3) is 0 Å². The minimum atomic E-state index is -0.372. The maximum absolute atomic E-state index is 14.3. The molecule has 0 saturated heterocycles. The normalized spacial score (nSPS) is 18.9. The largest absolute Gasteiger partial charge is 0.357 e. The lowest BCUT2D eigenvalue weighted by atomic mass is 9.77. The summed E-state index contributed by atoms with van der Waals surface area (Å²) in [5.41, 5.74) is 8.35. The fourth-order valence-corrected chi connectivity index (χ4v) is 6.66. The number of halogens is 2. The van der Waals surface area contributed by atoms with E-state index in [1.54, 1.807) is 6.07 Å². The predicted octanol–water partition coefficient (Wildman–Crippen LogP) is 9.87. The van der Waals surface area contributed by atoms with Gasteiger partial charge in [0, 0.05) is 34.3 Å². The molecule has 208 valence electrons. The van der Waals surface area contributed by atoms with Gasteiger partial charge >= 0.3 is 0 Å². The molecule has 5 heteroatoms. The zero-order valence-electron chi connectivity index (χ0n) is 23.6. The number of allylic oxidation sites excluding steroid dienone is 1. The molecule has 0 radical (unpaired) electrons. The number of hydrogen-bond donors (Lipinski definition) is 1. The van der Waals surface area contributed by atoms with E-state index in [0.717, 1.165) is 40.2 Å². The number of ketones is 1. The van der Waals surface area contributed by atoms with Crippen LogP contribution in [0.2, 0.25) is 10.0 Å². The van der Waals surface area contributed by atoms with Crippen LogP contribution >= 0.6 is 23.2 Å². The topological polar surface area (TPSA) is 32.3 Å². The van der Waals surface area contributed by atoms with Crippen molar-refractivity contribution in [2.24, 2.45) is 0 Å². The van der Waals surface area contributed by atoms with Gasteiger partial charge in [-0.15, -0.1) is 0 Å². The predicted molar refractivity (Wildman–Crippen MR) is 171 cm³/mol. The summed E-state index contributed by atoms with van der Waals surface area (Å²) >= 11 is 13.2. The van der Waals surface area contributed by atoms with Crippen LogP contribution in [0, 0.1) is 0 Å². The van der Waals surface area contributed by atoms with Gasteiger partial charge in [0.15, 0.2) is 5.78 Å². The number of carbonyl (C=O) groups excluding carboxylic acids is 1.